The third kappa shape index (κ3) is 4.12. The summed E-state index contributed by atoms with van der Waals surface area (Å²) in [6.45, 7) is 0.465. The van der Waals surface area contributed by atoms with Gasteiger partial charge in [0.05, 0.1) is 5.97 Å². The number of carboxylic acid groups (broad SMARTS) is 1. The second-order valence-electron chi connectivity index (χ2n) is 5.17. The molecule has 0 spiro atoms. The van der Waals surface area contributed by atoms with Gasteiger partial charge >= 0.3 is 0 Å². The second kappa shape index (κ2) is 7.62. The van der Waals surface area contributed by atoms with Gasteiger partial charge in [-0.3, -0.25) is 0 Å². The van der Waals surface area contributed by atoms with Crippen molar-refractivity contribution in [1.82, 2.24) is 0 Å². The van der Waals surface area contributed by atoms with Crippen LogP contribution in [-0.2, 0) is 11.4 Å². The first-order chi connectivity index (χ1) is 11.7. The number of carbonyl (C=O) groups is 1. The van der Waals surface area contributed by atoms with E-state index in [9.17, 15) is 9.90 Å². The van der Waals surface area contributed by atoms with E-state index in [0.29, 0.717) is 17.2 Å². The monoisotopic (exact) mass is 335 g/mol. The first kappa shape index (κ1) is 16.0. The molecule has 0 amide bonds. The molecule has 0 saturated carbocycles. The van der Waals surface area contributed by atoms with Crippen molar-refractivity contribution in [2.24, 2.45) is 0 Å². The van der Waals surface area contributed by atoms with Crippen LogP contribution in [-0.4, -0.2) is 5.97 Å². The Hall–Kier alpha value is -2.85. The van der Waals surface area contributed by atoms with Gasteiger partial charge in [-0.25, -0.2) is 0 Å². The Kier molecular flexibility index (Phi) is 5.08. The van der Waals surface area contributed by atoms with E-state index >= 15 is 0 Å². The molecular weight excluding hydrogens is 320 g/mol. The highest BCUT2D eigenvalue weighted by Crippen LogP contribution is 2.24. The van der Waals surface area contributed by atoms with Gasteiger partial charge in [-0.2, -0.15) is 0 Å². The lowest BCUT2D eigenvalue weighted by Gasteiger charge is -2.09. The minimum Gasteiger partial charge on any atom is -0.545 e. The number of thiophene rings is 1. The SMILES string of the molecule is O=C([O-])/C(=C\c1cccc(OCc2ccccc2)c1)c1cccs1. The summed E-state index contributed by atoms with van der Waals surface area (Å²) in [6, 6.07) is 20.8. The van der Waals surface area contributed by atoms with Crippen molar-refractivity contribution in [2.45, 2.75) is 6.61 Å². The summed E-state index contributed by atoms with van der Waals surface area (Å²) in [7, 11) is 0. The van der Waals surface area contributed by atoms with Crippen LogP contribution in [0.4, 0.5) is 0 Å². The molecule has 1 aromatic heterocycles. The predicted octanol–water partition coefficient (Wildman–Crippen LogP) is 3.62. The van der Waals surface area contributed by atoms with Crippen molar-refractivity contribution < 1.29 is 14.6 Å². The summed E-state index contributed by atoms with van der Waals surface area (Å²) < 4.78 is 5.78. The van der Waals surface area contributed by atoms with Crippen molar-refractivity contribution in [3.05, 3.63) is 88.1 Å². The topological polar surface area (TPSA) is 49.4 Å². The zero-order valence-corrected chi connectivity index (χ0v) is 13.7. The van der Waals surface area contributed by atoms with Gasteiger partial charge in [-0.05, 0) is 40.8 Å². The van der Waals surface area contributed by atoms with Crippen LogP contribution >= 0.6 is 11.3 Å². The zero-order valence-electron chi connectivity index (χ0n) is 12.8. The molecule has 4 heteroatoms. The van der Waals surface area contributed by atoms with Gasteiger partial charge in [0, 0.05) is 10.5 Å². The second-order valence-corrected chi connectivity index (χ2v) is 6.12. The molecule has 0 radical (unpaired) electrons. The minimum atomic E-state index is -1.19. The fourth-order valence-electron chi connectivity index (χ4n) is 2.26. The maximum atomic E-state index is 11.4. The predicted molar refractivity (Wildman–Crippen MR) is 94.4 cm³/mol. The molecule has 3 rings (SSSR count). The highest BCUT2D eigenvalue weighted by molar-refractivity contribution is 7.11. The third-order valence-electron chi connectivity index (χ3n) is 3.42. The molecule has 0 aliphatic heterocycles. The first-order valence-electron chi connectivity index (χ1n) is 7.46. The molecule has 0 unspecified atom stereocenters. The molecule has 0 fully saturated rings. The van der Waals surface area contributed by atoms with Crippen molar-refractivity contribution in [2.75, 3.05) is 0 Å². The van der Waals surface area contributed by atoms with Gasteiger partial charge < -0.3 is 14.6 Å². The van der Waals surface area contributed by atoms with Crippen LogP contribution in [0.5, 0.6) is 5.75 Å². The Morgan fingerprint density at radius 2 is 1.88 bits per heavy atom. The van der Waals surface area contributed by atoms with E-state index in [1.807, 2.05) is 66.0 Å². The van der Waals surface area contributed by atoms with Gasteiger partial charge in [0.25, 0.3) is 0 Å². The quantitative estimate of drug-likeness (QED) is 0.647. The molecule has 1 heterocycles. The van der Waals surface area contributed by atoms with Gasteiger partial charge in [-0.15, -0.1) is 11.3 Å². The fraction of sp³-hybridized carbons (Fsp3) is 0.0500. The Morgan fingerprint density at radius 1 is 1.04 bits per heavy atom. The summed E-state index contributed by atoms with van der Waals surface area (Å²) in [4.78, 5) is 12.1. The van der Waals surface area contributed by atoms with E-state index < -0.39 is 5.97 Å². The molecule has 0 saturated heterocycles. The van der Waals surface area contributed by atoms with Gasteiger partial charge in [-0.1, -0.05) is 48.5 Å². The molecule has 2 aromatic carbocycles. The average molecular weight is 335 g/mol. The number of ether oxygens (including phenoxy) is 1. The van der Waals surface area contributed by atoms with Crippen LogP contribution in [0.25, 0.3) is 11.6 Å². The molecule has 0 atom stereocenters. The summed E-state index contributed by atoms with van der Waals surface area (Å²) in [5, 5.41) is 13.2. The molecule has 3 aromatic rings. The van der Waals surface area contributed by atoms with E-state index in [1.54, 1.807) is 12.1 Å². The lowest BCUT2D eigenvalue weighted by atomic mass is 10.1. The largest absolute Gasteiger partial charge is 0.545 e. The molecule has 24 heavy (non-hydrogen) atoms. The van der Waals surface area contributed by atoms with Crippen molar-refractivity contribution in [3.8, 4) is 5.75 Å². The highest BCUT2D eigenvalue weighted by Gasteiger charge is 2.05. The van der Waals surface area contributed by atoms with Crippen LogP contribution in [0.2, 0.25) is 0 Å². The third-order valence-corrected chi connectivity index (χ3v) is 4.33. The molecule has 120 valence electrons. The Balaban J connectivity index is 1.79. The highest BCUT2D eigenvalue weighted by atomic mass is 32.1. The summed E-state index contributed by atoms with van der Waals surface area (Å²) in [5.74, 6) is -0.496. The normalized spacial score (nSPS) is 11.2. The van der Waals surface area contributed by atoms with Crippen molar-refractivity contribution in [1.29, 1.82) is 0 Å². The summed E-state index contributed by atoms with van der Waals surface area (Å²) in [5.41, 5.74) is 2.01. The Labute approximate surface area is 144 Å². The van der Waals surface area contributed by atoms with Crippen molar-refractivity contribution in [3.63, 3.8) is 0 Å². The molecule has 0 aliphatic rings. The number of carboxylic acids is 1. The molecule has 0 bridgehead atoms. The van der Waals surface area contributed by atoms with E-state index in [0.717, 1.165) is 11.1 Å². The smallest absolute Gasteiger partial charge is 0.120 e. The zero-order chi connectivity index (χ0) is 16.8. The van der Waals surface area contributed by atoms with E-state index in [2.05, 4.69) is 0 Å². The van der Waals surface area contributed by atoms with Crippen LogP contribution in [0, 0.1) is 0 Å². The van der Waals surface area contributed by atoms with E-state index in [-0.39, 0.29) is 5.57 Å². The number of rotatable bonds is 6. The number of aliphatic carboxylic acids is 1. The van der Waals surface area contributed by atoms with Crippen LogP contribution in [0.3, 0.4) is 0 Å². The standard InChI is InChI=1S/C20H16O3S/c21-20(22)18(19-10-5-11-24-19)13-16-8-4-9-17(12-16)23-14-15-6-2-1-3-7-15/h1-13H,14H2,(H,21,22)/p-1/b18-13-. The maximum Gasteiger partial charge on any atom is 0.120 e. The summed E-state index contributed by atoms with van der Waals surface area (Å²) >= 11 is 1.37. The molecule has 3 nitrogen and oxygen atoms in total. The van der Waals surface area contributed by atoms with Crippen LogP contribution < -0.4 is 9.84 Å². The van der Waals surface area contributed by atoms with Gasteiger partial charge in [0.2, 0.25) is 0 Å². The fourth-order valence-corrected chi connectivity index (χ4v) is 2.99. The molecule has 0 aliphatic carbocycles. The van der Waals surface area contributed by atoms with Crippen LogP contribution in [0.15, 0.2) is 72.1 Å². The lowest BCUT2D eigenvalue weighted by molar-refractivity contribution is -0.295. The minimum absolute atomic E-state index is 0.171. The van der Waals surface area contributed by atoms with E-state index in [1.165, 1.54) is 11.3 Å². The number of hydrogen-bond acceptors (Lipinski definition) is 4. The number of benzene rings is 2. The number of carbonyl (C=O) groups excluding carboxylic acids is 1. The Bertz CT molecular complexity index is 836. The van der Waals surface area contributed by atoms with Gasteiger partial charge in [0.15, 0.2) is 0 Å². The molecule has 0 N–H and O–H groups in total. The van der Waals surface area contributed by atoms with Crippen molar-refractivity contribution >= 4 is 29.0 Å². The average Bonchev–Trinajstić information content (AvgIpc) is 3.13. The van der Waals surface area contributed by atoms with Gasteiger partial charge in [0.1, 0.15) is 12.4 Å². The first-order valence-corrected chi connectivity index (χ1v) is 8.34. The molecular formula is C20H15O3S-. The number of hydrogen-bond donors (Lipinski definition) is 0. The Morgan fingerprint density at radius 3 is 2.58 bits per heavy atom. The lowest BCUT2D eigenvalue weighted by Crippen LogP contribution is -2.23. The maximum absolute atomic E-state index is 11.4. The van der Waals surface area contributed by atoms with Crippen LogP contribution in [0.1, 0.15) is 16.0 Å². The summed E-state index contributed by atoms with van der Waals surface area (Å²) in [6.07, 6.45) is 1.61. The van der Waals surface area contributed by atoms with E-state index in [4.69, 9.17) is 4.74 Å².